The normalized spacial score (nSPS) is 12.7. The molecule has 2 atom stereocenters. The van der Waals surface area contributed by atoms with Crippen LogP contribution in [0.5, 0.6) is 0 Å². The number of amides is 2. The van der Waals surface area contributed by atoms with E-state index in [2.05, 4.69) is 15.5 Å². The van der Waals surface area contributed by atoms with E-state index in [1.165, 1.54) is 6.92 Å². The number of carbonyl (C=O) groups excluding carboxylic acids is 3. The summed E-state index contributed by atoms with van der Waals surface area (Å²) in [6.07, 6.45) is 0.733. The molecule has 0 saturated heterocycles. The molecule has 0 aliphatic rings. The molecule has 0 bridgehead atoms. The fourth-order valence-electron chi connectivity index (χ4n) is 3.31. The van der Waals surface area contributed by atoms with Crippen LogP contribution >= 0.6 is 23.2 Å². The van der Waals surface area contributed by atoms with Gasteiger partial charge in [0, 0.05) is 43.9 Å². The monoisotopic (exact) mass is 487 g/mol. The van der Waals surface area contributed by atoms with Crippen molar-refractivity contribution >= 4 is 46.7 Å². The van der Waals surface area contributed by atoms with Gasteiger partial charge in [-0.3, -0.25) is 9.59 Å². The lowest BCUT2D eigenvalue weighted by Crippen LogP contribution is -2.52. The van der Waals surface area contributed by atoms with Gasteiger partial charge in [-0.25, -0.2) is 4.79 Å². The third-order valence-electron chi connectivity index (χ3n) is 4.74. The van der Waals surface area contributed by atoms with Gasteiger partial charge in [-0.1, -0.05) is 26.0 Å². The quantitative estimate of drug-likeness (QED) is 0.311. The highest BCUT2D eigenvalue weighted by Gasteiger charge is 2.27. The van der Waals surface area contributed by atoms with E-state index in [0.29, 0.717) is 31.3 Å². The molecule has 0 spiro atoms. The molecule has 2 unspecified atom stereocenters. The highest BCUT2D eigenvalue weighted by molar-refractivity contribution is 6.18. The smallest absolute Gasteiger partial charge is 0.328 e. The van der Waals surface area contributed by atoms with Crippen LogP contribution < -0.4 is 15.5 Å². The molecule has 0 saturated carbocycles. The van der Waals surface area contributed by atoms with Crippen molar-refractivity contribution in [2.45, 2.75) is 52.6 Å². The lowest BCUT2D eigenvalue weighted by Gasteiger charge is -2.24. The van der Waals surface area contributed by atoms with Gasteiger partial charge in [0.1, 0.15) is 12.1 Å². The maximum absolute atomic E-state index is 12.8. The van der Waals surface area contributed by atoms with E-state index in [4.69, 9.17) is 27.9 Å². The Morgan fingerprint density at radius 2 is 1.59 bits per heavy atom. The Morgan fingerprint density at radius 1 is 1.00 bits per heavy atom. The van der Waals surface area contributed by atoms with Crippen LogP contribution in [-0.2, 0) is 25.5 Å². The van der Waals surface area contributed by atoms with E-state index in [0.717, 1.165) is 11.3 Å². The number of nitrogens with zero attached hydrogens (tertiary/aromatic N) is 1. The van der Waals surface area contributed by atoms with Gasteiger partial charge in [0.2, 0.25) is 11.8 Å². The largest absolute Gasteiger partial charge is 0.464 e. The van der Waals surface area contributed by atoms with Gasteiger partial charge < -0.3 is 20.3 Å². The molecule has 1 rings (SSSR count). The summed E-state index contributed by atoms with van der Waals surface area (Å²) in [6.45, 7) is 8.56. The Hall–Kier alpha value is -1.99. The van der Waals surface area contributed by atoms with Crippen LogP contribution in [0.3, 0.4) is 0 Å². The highest BCUT2D eigenvalue weighted by Crippen LogP contribution is 2.17. The molecular formula is C23H35Cl2N3O4. The van der Waals surface area contributed by atoms with Gasteiger partial charge in [-0.05, 0) is 37.0 Å². The summed E-state index contributed by atoms with van der Waals surface area (Å²) in [5.41, 5.74) is 1.85. The highest BCUT2D eigenvalue weighted by atomic mass is 35.5. The zero-order valence-electron chi connectivity index (χ0n) is 19.3. The van der Waals surface area contributed by atoms with Crippen molar-refractivity contribution in [2.75, 3.05) is 36.4 Å². The molecule has 0 heterocycles. The van der Waals surface area contributed by atoms with Crippen LogP contribution in [0.1, 0.15) is 39.7 Å². The summed E-state index contributed by atoms with van der Waals surface area (Å²) in [5, 5.41) is 5.43. The number of alkyl halides is 2. The lowest BCUT2D eigenvalue weighted by atomic mass is 10.0. The van der Waals surface area contributed by atoms with Gasteiger partial charge in [-0.2, -0.15) is 0 Å². The number of hydrogen-bond acceptors (Lipinski definition) is 5. The van der Waals surface area contributed by atoms with Crippen molar-refractivity contribution in [1.82, 2.24) is 10.6 Å². The van der Waals surface area contributed by atoms with Gasteiger partial charge in [0.25, 0.3) is 0 Å². The molecule has 32 heavy (non-hydrogen) atoms. The van der Waals surface area contributed by atoms with E-state index in [9.17, 15) is 14.4 Å². The molecule has 2 amide bonds. The molecule has 7 nitrogen and oxygen atoms in total. The lowest BCUT2D eigenvalue weighted by molar-refractivity contribution is -0.147. The van der Waals surface area contributed by atoms with Crippen LogP contribution in [0.2, 0.25) is 0 Å². The Kier molecular flexibility index (Phi) is 13.1. The standard InChI is InChI=1S/C23H35Cl2N3O4/c1-5-32-23(31)21(27-22(30)20(14-16(2)3)26-17(4)29)15-18-6-8-19(9-7-18)28(12-10-24)13-11-25/h6-9,16,20-21H,5,10-15H2,1-4H3,(H,26,29)(H,27,30). The number of ether oxygens (including phenoxy) is 1. The SMILES string of the molecule is CCOC(=O)C(Cc1ccc(N(CCCl)CCCl)cc1)NC(=O)C(CC(C)C)NC(C)=O. The van der Waals surface area contributed by atoms with Crippen LogP contribution in [0, 0.1) is 5.92 Å². The second-order valence-corrected chi connectivity index (χ2v) is 8.69. The fourth-order valence-corrected chi connectivity index (χ4v) is 3.72. The van der Waals surface area contributed by atoms with Crippen molar-refractivity contribution in [1.29, 1.82) is 0 Å². The molecule has 0 aromatic heterocycles. The number of nitrogens with one attached hydrogen (secondary N) is 2. The number of esters is 1. The maximum atomic E-state index is 12.8. The predicted molar refractivity (Wildman–Crippen MR) is 129 cm³/mol. The average molecular weight is 488 g/mol. The summed E-state index contributed by atoms with van der Waals surface area (Å²) in [7, 11) is 0. The third kappa shape index (κ3) is 10.1. The van der Waals surface area contributed by atoms with Crippen molar-refractivity contribution in [2.24, 2.45) is 5.92 Å². The van der Waals surface area contributed by atoms with Crippen molar-refractivity contribution < 1.29 is 19.1 Å². The first-order valence-electron chi connectivity index (χ1n) is 10.9. The fraction of sp³-hybridized carbons (Fsp3) is 0.609. The molecule has 180 valence electrons. The van der Waals surface area contributed by atoms with Gasteiger partial charge in [-0.15, -0.1) is 23.2 Å². The number of rotatable bonds is 14. The zero-order chi connectivity index (χ0) is 24.1. The van der Waals surface area contributed by atoms with Crippen LogP contribution in [0.25, 0.3) is 0 Å². The minimum Gasteiger partial charge on any atom is -0.464 e. The maximum Gasteiger partial charge on any atom is 0.328 e. The first-order valence-corrected chi connectivity index (χ1v) is 12.0. The molecule has 0 aliphatic carbocycles. The molecule has 0 radical (unpaired) electrons. The number of anilines is 1. The molecule has 2 N–H and O–H groups in total. The van der Waals surface area contributed by atoms with E-state index >= 15 is 0 Å². The average Bonchev–Trinajstić information content (AvgIpc) is 2.72. The molecular weight excluding hydrogens is 453 g/mol. The topological polar surface area (TPSA) is 87.7 Å². The van der Waals surface area contributed by atoms with Crippen molar-refractivity contribution in [3.05, 3.63) is 29.8 Å². The summed E-state index contributed by atoms with van der Waals surface area (Å²) in [5.74, 6) is -0.0494. The number of benzene rings is 1. The summed E-state index contributed by atoms with van der Waals surface area (Å²) < 4.78 is 5.17. The first kappa shape index (κ1) is 28.0. The first-order chi connectivity index (χ1) is 15.2. The van der Waals surface area contributed by atoms with Crippen molar-refractivity contribution in [3.8, 4) is 0 Å². The van der Waals surface area contributed by atoms with Crippen LogP contribution in [0.4, 0.5) is 5.69 Å². The number of hydrogen-bond donors (Lipinski definition) is 2. The molecule has 1 aromatic rings. The second kappa shape index (κ2) is 15.0. The molecule has 9 heteroatoms. The van der Waals surface area contributed by atoms with Crippen molar-refractivity contribution in [3.63, 3.8) is 0 Å². The third-order valence-corrected chi connectivity index (χ3v) is 5.08. The number of carbonyl (C=O) groups is 3. The Bertz CT molecular complexity index is 722. The second-order valence-electron chi connectivity index (χ2n) is 7.93. The zero-order valence-corrected chi connectivity index (χ0v) is 20.8. The minimum atomic E-state index is -0.862. The Morgan fingerprint density at radius 3 is 2.06 bits per heavy atom. The van der Waals surface area contributed by atoms with Crippen LogP contribution in [-0.4, -0.2) is 61.3 Å². The Balaban J connectivity index is 2.98. The van der Waals surface area contributed by atoms with E-state index in [1.807, 2.05) is 38.1 Å². The van der Waals surface area contributed by atoms with Gasteiger partial charge >= 0.3 is 5.97 Å². The summed E-state index contributed by atoms with van der Waals surface area (Å²) >= 11 is 11.8. The van der Waals surface area contributed by atoms with Crippen LogP contribution in [0.15, 0.2) is 24.3 Å². The van der Waals surface area contributed by atoms with E-state index in [1.54, 1.807) is 6.92 Å². The minimum absolute atomic E-state index is 0.190. The van der Waals surface area contributed by atoms with Gasteiger partial charge in [0.15, 0.2) is 0 Å². The predicted octanol–water partition coefficient (Wildman–Crippen LogP) is 3.11. The summed E-state index contributed by atoms with van der Waals surface area (Å²) in [4.78, 5) is 39.0. The molecule has 1 aromatic carbocycles. The Labute approximate surface area is 201 Å². The number of halogens is 2. The molecule has 0 fully saturated rings. The van der Waals surface area contributed by atoms with Gasteiger partial charge in [0.05, 0.1) is 6.61 Å². The van der Waals surface area contributed by atoms with E-state index < -0.39 is 24.0 Å². The summed E-state index contributed by atoms with van der Waals surface area (Å²) in [6, 6.07) is 6.12. The molecule has 0 aliphatic heterocycles. The van der Waals surface area contributed by atoms with E-state index in [-0.39, 0.29) is 24.9 Å².